The predicted octanol–water partition coefficient (Wildman–Crippen LogP) is 2.77. The number of carbonyl (C=O) groups is 1. The lowest BCUT2D eigenvalue weighted by Gasteiger charge is -2.11. The van der Waals surface area contributed by atoms with Gasteiger partial charge in [-0.2, -0.15) is 0 Å². The summed E-state index contributed by atoms with van der Waals surface area (Å²) in [4.78, 5) is 10.8. The van der Waals surface area contributed by atoms with Crippen LogP contribution in [-0.4, -0.2) is 12.7 Å². The van der Waals surface area contributed by atoms with Crippen LogP contribution < -0.4 is 5.32 Å². The number of carbonyl (C=O) groups excluding carboxylic acids is 1. The summed E-state index contributed by atoms with van der Waals surface area (Å²) in [6.45, 7) is 0.266. The molecule has 1 aliphatic heterocycles. The van der Waals surface area contributed by atoms with Gasteiger partial charge in [0, 0.05) is 15.6 Å². The molecule has 1 aromatic carbocycles. The number of hydrogen-bond donors (Lipinski definition) is 1. The molecule has 0 aromatic heterocycles. The molecule has 0 spiro atoms. The van der Waals surface area contributed by atoms with Crippen molar-refractivity contribution in [1.29, 1.82) is 0 Å². The van der Waals surface area contributed by atoms with E-state index in [0.717, 1.165) is 0 Å². The molecule has 1 aliphatic rings. The normalized spacial score (nSPS) is 20.4. The number of rotatable bonds is 1. The Bertz CT molecular complexity index is 361. The van der Waals surface area contributed by atoms with Gasteiger partial charge < -0.3 is 10.1 Å². The van der Waals surface area contributed by atoms with Gasteiger partial charge >= 0.3 is 6.09 Å². The van der Waals surface area contributed by atoms with E-state index < -0.39 is 6.09 Å². The van der Waals surface area contributed by atoms with Crippen molar-refractivity contribution in [2.75, 3.05) is 6.61 Å². The monoisotopic (exact) mass is 231 g/mol. The molecule has 0 unspecified atom stereocenters. The van der Waals surface area contributed by atoms with Gasteiger partial charge in [0.1, 0.15) is 6.61 Å². The number of hydrogen-bond acceptors (Lipinski definition) is 2. The average Bonchev–Trinajstić information content (AvgIpc) is 2.51. The molecule has 1 N–H and O–H groups in total. The third kappa shape index (κ3) is 1.65. The minimum atomic E-state index is -0.439. The van der Waals surface area contributed by atoms with Crippen LogP contribution in [0.1, 0.15) is 11.6 Å². The van der Waals surface area contributed by atoms with Gasteiger partial charge in [-0.25, -0.2) is 4.79 Å². The molecule has 5 heteroatoms. The summed E-state index contributed by atoms with van der Waals surface area (Å²) >= 11 is 11.9. The molecule has 3 nitrogen and oxygen atoms in total. The Morgan fingerprint density at radius 3 is 2.50 bits per heavy atom. The van der Waals surface area contributed by atoms with Crippen LogP contribution in [0.15, 0.2) is 18.2 Å². The molecule has 0 bridgehead atoms. The Morgan fingerprint density at radius 2 is 2.00 bits per heavy atom. The van der Waals surface area contributed by atoms with Crippen LogP contribution in [0.4, 0.5) is 4.79 Å². The van der Waals surface area contributed by atoms with Crippen molar-refractivity contribution in [3.63, 3.8) is 0 Å². The quantitative estimate of drug-likeness (QED) is 0.808. The largest absolute Gasteiger partial charge is 0.447 e. The maximum atomic E-state index is 10.8. The van der Waals surface area contributed by atoms with Gasteiger partial charge in [-0.1, -0.05) is 29.3 Å². The van der Waals surface area contributed by atoms with Crippen molar-refractivity contribution in [3.05, 3.63) is 33.8 Å². The lowest BCUT2D eigenvalue weighted by Crippen LogP contribution is -2.18. The highest BCUT2D eigenvalue weighted by Crippen LogP contribution is 2.31. The summed E-state index contributed by atoms with van der Waals surface area (Å²) < 4.78 is 4.76. The molecule has 74 valence electrons. The molecule has 0 radical (unpaired) electrons. The number of nitrogens with one attached hydrogen (secondary N) is 1. The zero-order valence-corrected chi connectivity index (χ0v) is 8.60. The first kappa shape index (κ1) is 9.62. The fourth-order valence-electron chi connectivity index (χ4n) is 1.38. The van der Waals surface area contributed by atoms with Crippen LogP contribution in [0.3, 0.4) is 0 Å². The molecule has 1 fully saturated rings. The van der Waals surface area contributed by atoms with E-state index in [1.165, 1.54) is 0 Å². The van der Waals surface area contributed by atoms with E-state index in [9.17, 15) is 4.79 Å². The zero-order chi connectivity index (χ0) is 10.1. The summed E-state index contributed by atoms with van der Waals surface area (Å²) in [5.74, 6) is 0. The van der Waals surface area contributed by atoms with Crippen LogP contribution in [0.5, 0.6) is 0 Å². The highest BCUT2D eigenvalue weighted by atomic mass is 35.5. The summed E-state index contributed by atoms with van der Waals surface area (Å²) in [7, 11) is 0. The predicted molar refractivity (Wildman–Crippen MR) is 53.7 cm³/mol. The third-order valence-corrected chi connectivity index (χ3v) is 2.68. The van der Waals surface area contributed by atoms with Crippen LogP contribution in [0.25, 0.3) is 0 Å². The fraction of sp³-hybridized carbons (Fsp3) is 0.222. The van der Waals surface area contributed by atoms with E-state index >= 15 is 0 Å². The maximum absolute atomic E-state index is 10.8. The van der Waals surface area contributed by atoms with Gasteiger partial charge in [-0.05, 0) is 12.1 Å². The first-order valence-corrected chi connectivity index (χ1v) is 4.81. The second kappa shape index (κ2) is 3.67. The first-order chi connectivity index (χ1) is 6.68. The molecular formula is C9H7Cl2NO2. The van der Waals surface area contributed by atoms with E-state index in [1.807, 2.05) is 0 Å². The Hall–Kier alpha value is -0.930. The van der Waals surface area contributed by atoms with Crippen molar-refractivity contribution in [2.24, 2.45) is 0 Å². The van der Waals surface area contributed by atoms with Crippen LogP contribution in [0.2, 0.25) is 10.0 Å². The highest BCUT2D eigenvalue weighted by molar-refractivity contribution is 6.36. The lowest BCUT2D eigenvalue weighted by molar-refractivity contribution is 0.177. The molecule has 2 rings (SSSR count). The maximum Gasteiger partial charge on any atom is 0.407 e. The minimum absolute atomic E-state index is 0.247. The molecular weight excluding hydrogens is 225 g/mol. The first-order valence-electron chi connectivity index (χ1n) is 4.05. The molecule has 1 amide bonds. The fourth-order valence-corrected chi connectivity index (χ4v) is 2.04. The van der Waals surface area contributed by atoms with Gasteiger partial charge in [0.25, 0.3) is 0 Å². The Balaban J connectivity index is 2.36. The van der Waals surface area contributed by atoms with Gasteiger partial charge in [-0.15, -0.1) is 0 Å². The topological polar surface area (TPSA) is 38.3 Å². The standard InChI is InChI=1S/C9H7Cl2NO2/c10-5-2-1-3-6(11)8(5)7-4-14-9(13)12-7/h1-3,7H,4H2,(H,12,13)/t7-/m0/s1. The molecule has 0 saturated carbocycles. The molecule has 14 heavy (non-hydrogen) atoms. The minimum Gasteiger partial charge on any atom is -0.447 e. The Kier molecular flexibility index (Phi) is 2.52. The second-order valence-electron chi connectivity index (χ2n) is 2.93. The van der Waals surface area contributed by atoms with E-state index in [2.05, 4.69) is 5.32 Å². The van der Waals surface area contributed by atoms with E-state index in [4.69, 9.17) is 27.9 Å². The third-order valence-electron chi connectivity index (χ3n) is 2.02. The molecule has 1 aromatic rings. The Labute approximate surface area is 91.0 Å². The number of cyclic esters (lactones) is 1. The van der Waals surface area contributed by atoms with Gasteiger partial charge in [-0.3, -0.25) is 0 Å². The summed E-state index contributed by atoms with van der Waals surface area (Å²) in [5, 5.41) is 3.69. The van der Waals surface area contributed by atoms with Gasteiger partial charge in [0.15, 0.2) is 0 Å². The van der Waals surface area contributed by atoms with Crippen molar-refractivity contribution >= 4 is 29.3 Å². The van der Waals surface area contributed by atoms with Crippen LogP contribution in [0, 0.1) is 0 Å². The Morgan fingerprint density at radius 1 is 1.36 bits per heavy atom. The summed E-state index contributed by atoms with van der Waals surface area (Å²) in [6, 6.07) is 4.97. The van der Waals surface area contributed by atoms with Crippen molar-refractivity contribution in [2.45, 2.75) is 6.04 Å². The molecule has 1 saturated heterocycles. The smallest absolute Gasteiger partial charge is 0.407 e. The number of amides is 1. The van der Waals surface area contributed by atoms with Crippen molar-refractivity contribution in [3.8, 4) is 0 Å². The number of alkyl carbamates (subject to hydrolysis) is 1. The summed E-state index contributed by atoms with van der Waals surface area (Å²) in [6.07, 6.45) is -0.439. The zero-order valence-electron chi connectivity index (χ0n) is 7.09. The van der Waals surface area contributed by atoms with E-state index in [1.54, 1.807) is 18.2 Å². The van der Waals surface area contributed by atoms with E-state index in [-0.39, 0.29) is 12.6 Å². The second-order valence-corrected chi connectivity index (χ2v) is 3.75. The van der Waals surface area contributed by atoms with Crippen LogP contribution >= 0.6 is 23.2 Å². The van der Waals surface area contributed by atoms with Gasteiger partial charge in [0.2, 0.25) is 0 Å². The number of benzene rings is 1. The molecule has 0 aliphatic carbocycles. The molecule has 1 atom stereocenters. The number of halogens is 2. The highest BCUT2D eigenvalue weighted by Gasteiger charge is 2.27. The SMILES string of the molecule is O=C1N[C@H](c2c(Cl)cccc2Cl)CO1. The van der Waals surface area contributed by atoms with E-state index in [0.29, 0.717) is 15.6 Å². The van der Waals surface area contributed by atoms with Crippen molar-refractivity contribution in [1.82, 2.24) is 5.32 Å². The average molecular weight is 232 g/mol. The van der Waals surface area contributed by atoms with Crippen LogP contribution in [-0.2, 0) is 4.74 Å². The van der Waals surface area contributed by atoms with Crippen molar-refractivity contribution < 1.29 is 9.53 Å². The number of ether oxygens (including phenoxy) is 1. The van der Waals surface area contributed by atoms with Gasteiger partial charge in [0.05, 0.1) is 6.04 Å². The molecule has 1 heterocycles. The summed E-state index contributed by atoms with van der Waals surface area (Å²) in [5.41, 5.74) is 0.710. The lowest BCUT2D eigenvalue weighted by atomic mass is 10.1.